The van der Waals surface area contributed by atoms with E-state index in [1.54, 1.807) is 6.92 Å². The van der Waals surface area contributed by atoms with Crippen molar-refractivity contribution in [2.75, 3.05) is 20.3 Å². The van der Waals surface area contributed by atoms with Gasteiger partial charge < -0.3 is 15.2 Å². The van der Waals surface area contributed by atoms with Crippen LogP contribution in [0.1, 0.15) is 23.7 Å². The van der Waals surface area contributed by atoms with Crippen LogP contribution in [-0.2, 0) is 4.74 Å². The lowest BCUT2D eigenvalue weighted by Crippen LogP contribution is -2.41. The average molecular weight is 361 g/mol. The molecule has 0 aliphatic heterocycles. The summed E-state index contributed by atoms with van der Waals surface area (Å²) in [5.74, 6) is -0.497. The molecule has 1 rings (SSSR count). The fourth-order valence-corrected chi connectivity index (χ4v) is 2.20. The predicted octanol–water partition coefficient (Wildman–Crippen LogP) is 1.87. The molecule has 0 spiro atoms. The van der Waals surface area contributed by atoms with Gasteiger partial charge in [-0.2, -0.15) is 0 Å². The fraction of sp³-hybridized carbons (Fsp3) is 0.462. The van der Waals surface area contributed by atoms with E-state index in [1.165, 1.54) is 25.3 Å². The summed E-state index contributed by atoms with van der Waals surface area (Å²) in [5.41, 5.74) is -1.15. The maximum atomic E-state index is 12.1. The Hall–Kier alpha value is -1.51. The van der Waals surface area contributed by atoms with Crippen LogP contribution in [0, 0.1) is 10.1 Å². The topological polar surface area (TPSA) is 102 Å². The summed E-state index contributed by atoms with van der Waals surface area (Å²) >= 11 is 3.06. The number of methoxy groups -OCH3 is 1. The molecule has 116 valence electrons. The van der Waals surface area contributed by atoms with Gasteiger partial charge in [-0.25, -0.2) is 0 Å². The van der Waals surface area contributed by atoms with Gasteiger partial charge in [0.1, 0.15) is 4.47 Å². The first kappa shape index (κ1) is 17.5. The zero-order valence-electron chi connectivity index (χ0n) is 11.8. The molecular weight excluding hydrogens is 344 g/mol. The van der Waals surface area contributed by atoms with Gasteiger partial charge in [-0.3, -0.25) is 14.9 Å². The zero-order valence-corrected chi connectivity index (χ0v) is 13.3. The van der Waals surface area contributed by atoms with Gasteiger partial charge in [-0.05, 0) is 28.9 Å². The first-order valence-electron chi connectivity index (χ1n) is 6.21. The van der Waals surface area contributed by atoms with E-state index >= 15 is 0 Å². The van der Waals surface area contributed by atoms with E-state index in [0.29, 0.717) is 13.0 Å². The Bertz CT molecular complexity index is 533. The van der Waals surface area contributed by atoms with Crippen LogP contribution >= 0.6 is 15.9 Å². The Morgan fingerprint density at radius 2 is 2.24 bits per heavy atom. The number of nitro groups is 1. The summed E-state index contributed by atoms with van der Waals surface area (Å²) < 4.78 is 4.99. The Labute approximate surface area is 130 Å². The number of halogens is 1. The number of carbonyl (C=O) groups is 1. The Morgan fingerprint density at radius 1 is 1.57 bits per heavy atom. The average Bonchev–Trinajstić information content (AvgIpc) is 2.42. The van der Waals surface area contributed by atoms with E-state index in [-0.39, 0.29) is 22.3 Å². The number of ether oxygens (including phenoxy) is 1. The van der Waals surface area contributed by atoms with Gasteiger partial charge in [-0.15, -0.1) is 0 Å². The molecule has 1 amide bonds. The van der Waals surface area contributed by atoms with Crippen molar-refractivity contribution in [3.63, 3.8) is 0 Å². The third-order valence-electron chi connectivity index (χ3n) is 2.89. The standard InChI is InChI=1S/C13H17BrN2O5/c1-13(18,6-7-21-2)8-15-12(17)9-4-3-5-10(11(9)14)16(19)20/h3-5,18H,6-8H2,1-2H3,(H,15,17). The molecule has 0 aliphatic rings. The number of hydrogen-bond donors (Lipinski definition) is 2. The summed E-state index contributed by atoms with van der Waals surface area (Å²) in [6.45, 7) is 1.96. The highest BCUT2D eigenvalue weighted by Crippen LogP contribution is 2.28. The lowest BCUT2D eigenvalue weighted by atomic mass is 10.0. The van der Waals surface area contributed by atoms with E-state index in [4.69, 9.17) is 4.74 Å². The van der Waals surface area contributed by atoms with Crippen molar-refractivity contribution < 1.29 is 19.6 Å². The van der Waals surface area contributed by atoms with Crippen LogP contribution in [0.25, 0.3) is 0 Å². The van der Waals surface area contributed by atoms with E-state index in [0.717, 1.165) is 0 Å². The largest absolute Gasteiger partial charge is 0.388 e. The second-order valence-electron chi connectivity index (χ2n) is 4.82. The van der Waals surface area contributed by atoms with Crippen LogP contribution < -0.4 is 5.32 Å². The van der Waals surface area contributed by atoms with Crippen LogP contribution in [0.15, 0.2) is 22.7 Å². The van der Waals surface area contributed by atoms with E-state index in [1.807, 2.05) is 0 Å². The highest BCUT2D eigenvalue weighted by Gasteiger charge is 2.23. The van der Waals surface area contributed by atoms with E-state index in [2.05, 4.69) is 21.2 Å². The van der Waals surface area contributed by atoms with Crippen molar-refractivity contribution in [1.29, 1.82) is 0 Å². The molecule has 8 heteroatoms. The minimum Gasteiger partial charge on any atom is -0.388 e. The molecule has 1 aromatic carbocycles. The molecule has 0 saturated carbocycles. The second kappa shape index (κ2) is 7.48. The SMILES string of the molecule is COCCC(C)(O)CNC(=O)c1cccc([N+](=O)[O-])c1Br. The summed E-state index contributed by atoms with van der Waals surface area (Å²) in [5, 5.41) is 23.4. The Kier molecular flexibility index (Phi) is 6.25. The molecule has 0 bridgehead atoms. The lowest BCUT2D eigenvalue weighted by Gasteiger charge is -2.23. The maximum absolute atomic E-state index is 12.1. The summed E-state index contributed by atoms with van der Waals surface area (Å²) in [6, 6.07) is 4.20. The monoisotopic (exact) mass is 360 g/mol. The minimum absolute atomic E-state index is 0.0182. The number of aliphatic hydroxyl groups is 1. The van der Waals surface area contributed by atoms with Gasteiger partial charge in [0, 0.05) is 32.7 Å². The van der Waals surface area contributed by atoms with Gasteiger partial charge in [0.05, 0.1) is 16.1 Å². The number of nitro benzene ring substituents is 1. The number of hydrogen-bond acceptors (Lipinski definition) is 5. The first-order chi connectivity index (χ1) is 9.78. The zero-order chi connectivity index (χ0) is 16.0. The second-order valence-corrected chi connectivity index (χ2v) is 5.61. The van der Waals surface area contributed by atoms with Crippen LogP contribution in [0.4, 0.5) is 5.69 Å². The van der Waals surface area contributed by atoms with Gasteiger partial charge >= 0.3 is 0 Å². The van der Waals surface area contributed by atoms with Crippen LogP contribution in [0.5, 0.6) is 0 Å². The highest BCUT2D eigenvalue weighted by atomic mass is 79.9. The van der Waals surface area contributed by atoms with Crippen LogP contribution in [0.3, 0.4) is 0 Å². The molecule has 1 aromatic rings. The number of amides is 1. The van der Waals surface area contributed by atoms with E-state index < -0.39 is 16.4 Å². The van der Waals surface area contributed by atoms with Crippen molar-refractivity contribution in [3.05, 3.63) is 38.3 Å². The highest BCUT2D eigenvalue weighted by molar-refractivity contribution is 9.10. The number of rotatable bonds is 7. The molecule has 0 fully saturated rings. The third kappa shape index (κ3) is 5.07. The fourth-order valence-electron chi connectivity index (χ4n) is 1.61. The summed E-state index contributed by atoms with van der Waals surface area (Å²) in [4.78, 5) is 22.3. The number of nitrogens with one attached hydrogen (secondary N) is 1. The number of nitrogens with zero attached hydrogens (tertiary/aromatic N) is 1. The van der Waals surface area contributed by atoms with E-state index in [9.17, 15) is 20.0 Å². The molecule has 0 saturated heterocycles. The normalized spacial score (nSPS) is 13.5. The van der Waals surface area contributed by atoms with Crippen molar-refractivity contribution >= 4 is 27.5 Å². The number of carbonyl (C=O) groups excluding carboxylic acids is 1. The van der Waals surface area contributed by atoms with Gasteiger partial charge in [0.2, 0.25) is 0 Å². The molecule has 0 aliphatic carbocycles. The van der Waals surface area contributed by atoms with Crippen LogP contribution in [0.2, 0.25) is 0 Å². The molecule has 1 unspecified atom stereocenters. The van der Waals surface area contributed by atoms with Gasteiger partial charge in [-0.1, -0.05) is 6.07 Å². The van der Waals surface area contributed by atoms with Crippen molar-refractivity contribution in [2.45, 2.75) is 18.9 Å². The first-order valence-corrected chi connectivity index (χ1v) is 7.00. The molecule has 0 radical (unpaired) electrons. The smallest absolute Gasteiger partial charge is 0.284 e. The molecule has 1 atom stereocenters. The molecule has 0 heterocycles. The lowest BCUT2D eigenvalue weighted by molar-refractivity contribution is -0.385. The molecular formula is C13H17BrN2O5. The predicted molar refractivity (Wildman–Crippen MR) is 80.2 cm³/mol. The molecule has 21 heavy (non-hydrogen) atoms. The quantitative estimate of drug-likeness (QED) is 0.570. The Balaban J connectivity index is 2.77. The van der Waals surface area contributed by atoms with Crippen molar-refractivity contribution in [2.24, 2.45) is 0 Å². The number of benzene rings is 1. The minimum atomic E-state index is -1.11. The van der Waals surface area contributed by atoms with Crippen molar-refractivity contribution in [1.82, 2.24) is 5.32 Å². The van der Waals surface area contributed by atoms with Crippen LogP contribution in [-0.4, -0.2) is 41.8 Å². The summed E-state index contributed by atoms with van der Waals surface area (Å²) in [6.07, 6.45) is 0.361. The third-order valence-corrected chi connectivity index (χ3v) is 3.73. The van der Waals surface area contributed by atoms with Gasteiger partial charge in [0.25, 0.3) is 11.6 Å². The Morgan fingerprint density at radius 3 is 2.81 bits per heavy atom. The molecule has 0 aromatic heterocycles. The van der Waals surface area contributed by atoms with Crippen molar-refractivity contribution in [3.8, 4) is 0 Å². The maximum Gasteiger partial charge on any atom is 0.284 e. The molecule has 2 N–H and O–H groups in total. The summed E-state index contributed by atoms with van der Waals surface area (Å²) in [7, 11) is 1.52. The molecule has 7 nitrogen and oxygen atoms in total. The van der Waals surface area contributed by atoms with Gasteiger partial charge in [0.15, 0.2) is 0 Å².